The summed E-state index contributed by atoms with van der Waals surface area (Å²) >= 11 is 8.66. The monoisotopic (exact) mass is 331 g/mol. The second kappa shape index (κ2) is 5.11. The molecule has 1 heterocycles. The van der Waals surface area contributed by atoms with E-state index in [-0.39, 0.29) is 0 Å². The molecule has 0 amide bonds. The van der Waals surface area contributed by atoms with Gasteiger partial charge in [-0.25, -0.2) is 0 Å². The van der Waals surface area contributed by atoms with E-state index < -0.39 is 0 Å². The predicted octanol–water partition coefficient (Wildman–Crippen LogP) is 3.50. The summed E-state index contributed by atoms with van der Waals surface area (Å²) in [6.07, 6.45) is 0. The normalized spacial score (nSPS) is 13.7. The Morgan fingerprint density at radius 1 is 1.05 bits per heavy atom. The fourth-order valence-electron chi connectivity index (χ4n) is 1.95. The molecule has 19 heavy (non-hydrogen) atoms. The first-order valence-electron chi connectivity index (χ1n) is 5.74. The van der Waals surface area contributed by atoms with E-state index in [1.165, 1.54) is 0 Å². The summed E-state index contributed by atoms with van der Waals surface area (Å²) in [6, 6.07) is 16.0. The van der Waals surface area contributed by atoms with E-state index in [0.29, 0.717) is 5.11 Å². The van der Waals surface area contributed by atoms with Crippen molar-refractivity contribution in [3.8, 4) is 0 Å². The molecule has 5 heteroatoms. The molecular weight excluding hydrogens is 322 g/mol. The average molecular weight is 332 g/mol. The Balaban J connectivity index is 2.20. The Morgan fingerprint density at radius 2 is 1.84 bits per heavy atom. The lowest BCUT2D eigenvalue weighted by Crippen LogP contribution is -2.22. The zero-order valence-electron chi connectivity index (χ0n) is 9.85. The number of hydrogen-bond donors (Lipinski definition) is 2. The van der Waals surface area contributed by atoms with Crippen molar-refractivity contribution in [2.75, 3.05) is 5.32 Å². The van der Waals surface area contributed by atoms with Crippen molar-refractivity contribution < 1.29 is 0 Å². The number of hydrazone groups is 1. The molecule has 1 aliphatic heterocycles. The van der Waals surface area contributed by atoms with Crippen LogP contribution in [0.5, 0.6) is 0 Å². The largest absolute Gasteiger partial charge is 0.331 e. The number of halogens is 1. The van der Waals surface area contributed by atoms with Crippen molar-refractivity contribution in [2.45, 2.75) is 0 Å². The van der Waals surface area contributed by atoms with Crippen molar-refractivity contribution in [3.63, 3.8) is 0 Å². The molecule has 0 aromatic heterocycles. The topological polar surface area (TPSA) is 36.4 Å². The molecule has 0 unspecified atom stereocenters. The number of fused-ring (bicyclic) bond motifs is 1. The first-order valence-corrected chi connectivity index (χ1v) is 6.94. The molecule has 0 bridgehead atoms. The Labute approximate surface area is 124 Å². The van der Waals surface area contributed by atoms with Gasteiger partial charge in [0.1, 0.15) is 0 Å². The van der Waals surface area contributed by atoms with Crippen molar-refractivity contribution >= 4 is 44.7 Å². The molecule has 0 saturated carbocycles. The van der Waals surface area contributed by atoms with Crippen LogP contribution in [0.3, 0.4) is 0 Å². The van der Waals surface area contributed by atoms with E-state index in [1.54, 1.807) is 0 Å². The maximum atomic E-state index is 5.16. The Hall–Kier alpha value is -1.72. The van der Waals surface area contributed by atoms with Crippen LogP contribution in [0.4, 0.5) is 5.69 Å². The molecule has 3 rings (SSSR count). The van der Waals surface area contributed by atoms with Gasteiger partial charge >= 0.3 is 0 Å². The van der Waals surface area contributed by atoms with E-state index in [0.717, 1.165) is 27.0 Å². The van der Waals surface area contributed by atoms with E-state index in [1.807, 2.05) is 48.5 Å². The fraction of sp³-hybridized carbons (Fsp3) is 0. The summed E-state index contributed by atoms with van der Waals surface area (Å²) in [7, 11) is 0. The van der Waals surface area contributed by atoms with Crippen molar-refractivity contribution in [1.29, 1.82) is 0 Å². The van der Waals surface area contributed by atoms with Gasteiger partial charge < -0.3 is 5.32 Å². The summed E-state index contributed by atoms with van der Waals surface area (Å²) in [5.41, 5.74) is 6.71. The lowest BCUT2D eigenvalue weighted by molar-refractivity contribution is 1.05. The highest BCUT2D eigenvalue weighted by Gasteiger charge is 2.16. The molecule has 0 aliphatic carbocycles. The standard InChI is InChI=1S/C14H10BrN3S/c15-10-6-7-12-11(8-10)13(17-18-14(19)16-12)9-4-2-1-3-5-9/h1-8H,(H2,16,18,19). The van der Waals surface area contributed by atoms with E-state index >= 15 is 0 Å². The van der Waals surface area contributed by atoms with Crippen molar-refractivity contribution in [2.24, 2.45) is 5.10 Å². The lowest BCUT2D eigenvalue weighted by atomic mass is 10.0. The van der Waals surface area contributed by atoms with Gasteiger partial charge in [0.2, 0.25) is 0 Å². The summed E-state index contributed by atoms with van der Waals surface area (Å²) in [5, 5.41) is 8.03. The van der Waals surface area contributed by atoms with Crippen LogP contribution in [-0.2, 0) is 0 Å². The SMILES string of the molecule is S=C1NN=C(c2ccccc2)c2cc(Br)ccc2N1. The summed E-state index contributed by atoms with van der Waals surface area (Å²) in [4.78, 5) is 0. The van der Waals surface area contributed by atoms with Gasteiger partial charge in [0, 0.05) is 21.3 Å². The van der Waals surface area contributed by atoms with Crippen LogP contribution in [0.2, 0.25) is 0 Å². The van der Waals surface area contributed by atoms with Crippen molar-refractivity contribution in [3.05, 3.63) is 64.1 Å². The van der Waals surface area contributed by atoms with Gasteiger partial charge in [-0.05, 0) is 30.4 Å². The van der Waals surface area contributed by atoms with Gasteiger partial charge in [0.05, 0.1) is 5.71 Å². The summed E-state index contributed by atoms with van der Waals surface area (Å²) in [6.45, 7) is 0. The molecule has 3 nitrogen and oxygen atoms in total. The third-order valence-corrected chi connectivity index (χ3v) is 3.49. The van der Waals surface area contributed by atoms with Crippen LogP contribution in [0, 0.1) is 0 Å². The Bertz CT molecular complexity index is 668. The number of nitrogens with one attached hydrogen (secondary N) is 2. The van der Waals surface area contributed by atoms with Gasteiger partial charge in [-0.1, -0.05) is 46.3 Å². The zero-order chi connectivity index (χ0) is 13.2. The average Bonchev–Trinajstić information content (AvgIpc) is 2.58. The summed E-state index contributed by atoms with van der Waals surface area (Å²) < 4.78 is 1.00. The van der Waals surface area contributed by atoms with Crippen LogP contribution < -0.4 is 10.7 Å². The van der Waals surface area contributed by atoms with Crippen LogP contribution in [0.25, 0.3) is 0 Å². The molecule has 2 aromatic carbocycles. The first kappa shape index (κ1) is 12.3. The molecule has 2 N–H and O–H groups in total. The lowest BCUT2D eigenvalue weighted by Gasteiger charge is -2.09. The Kier molecular flexibility index (Phi) is 3.31. The highest BCUT2D eigenvalue weighted by atomic mass is 79.9. The molecule has 0 fully saturated rings. The summed E-state index contributed by atoms with van der Waals surface area (Å²) in [5.74, 6) is 0. The molecule has 0 radical (unpaired) electrons. The molecule has 0 spiro atoms. The smallest absolute Gasteiger partial charge is 0.191 e. The minimum atomic E-state index is 0.495. The van der Waals surface area contributed by atoms with Gasteiger partial charge in [-0.2, -0.15) is 5.10 Å². The van der Waals surface area contributed by atoms with Gasteiger partial charge in [-0.3, -0.25) is 5.43 Å². The van der Waals surface area contributed by atoms with Crippen molar-refractivity contribution in [1.82, 2.24) is 5.43 Å². The number of hydrogen-bond acceptors (Lipinski definition) is 2. The first-order chi connectivity index (χ1) is 9.24. The van der Waals surface area contributed by atoms with Gasteiger partial charge in [-0.15, -0.1) is 0 Å². The molecule has 0 atom stereocenters. The maximum Gasteiger partial charge on any atom is 0.191 e. The molecular formula is C14H10BrN3S. The third kappa shape index (κ3) is 2.52. The number of nitrogens with zero attached hydrogens (tertiary/aromatic N) is 1. The number of benzene rings is 2. The number of anilines is 1. The maximum absolute atomic E-state index is 5.16. The predicted molar refractivity (Wildman–Crippen MR) is 85.6 cm³/mol. The third-order valence-electron chi connectivity index (χ3n) is 2.80. The van der Waals surface area contributed by atoms with Crippen LogP contribution in [0.1, 0.15) is 11.1 Å². The molecule has 0 saturated heterocycles. The molecule has 94 valence electrons. The van der Waals surface area contributed by atoms with Crippen LogP contribution in [0.15, 0.2) is 58.1 Å². The number of thiocarbonyl (C=S) groups is 1. The van der Waals surface area contributed by atoms with Crippen LogP contribution in [-0.4, -0.2) is 10.8 Å². The second-order valence-corrected chi connectivity index (χ2v) is 5.41. The number of rotatable bonds is 1. The highest BCUT2D eigenvalue weighted by molar-refractivity contribution is 9.10. The van der Waals surface area contributed by atoms with Crippen LogP contribution >= 0.6 is 28.1 Å². The molecule has 1 aliphatic rings. The second-order valence-electron chi connectivity index (χ2n) is 4.08. The van der Waals surface area contributed by atoms with Gasteiger partial charge in [0.15, 0.2) is 5.11 Å². The minimum Gasteiger partial charge on any atom is -0.331 e. The molecule has 2 aromatic rings. The fourth-order valence-corrected chi connectivity index (χ4v) is 2.47. The Morgan fingerprint density at radius 3 is 2.63 bits per heavy atom. The zero-order valence-corrected chi connectivity index (χ0v) is 12.3. The minimum absolute atomic E-state index is 0.495. The highest BCUT2D eigenvalue weighted by Crippen LogP contribution is 2.25. The van der Waals surface area contributed by atoms with E-state index in [2.05, 4.69) is 31.8 Å². The van der Waals surface area contributed by atoms with Gasteiger partial charge in [0.25, 0.3) is 0 Å². The van der Waals surface area contributed by atoms with E-state index in [9.17, 15) is 0 Å². The van der Waals surface area contributed by atoms with E-state index in [4.69, 9.17) is 12.2 Å². The quantitative estimate of drug-likeness (QED) is 0.785.